The molecule has 17 heteroatoms. The molecule has 0 atom stereocenters. The number of halogens is 4. The van der Waals surface area contributed by atoms with Crippen LogP contribution in [0.1, 0.15) is 24.2 Å². The van der Waals surface area contributed by atoms with E-state index in [0.29, 0.717) is 16.8 Å². The van der Waals surface area contributed by atoms with Crippen LogP contribution in [0.2, 0.25) is 0 Å². The summed E-state index contributed by atoms with van der Waals surface area (Å²) < 4.78 is 89.0. The van der Waals surface area contributed by atoms with Gasteiger partial charge in [0.1, 0.15) is 26.8 Å². The molecular formula is C26H25F4N7O5S. The van der Waals surface area contributed by atoms with Crippen molar-refractivity contribution in [3.63, 3.8) is 0 Å². The maximum absolute atomic E-state index is 14.9. The highest BCUT2D eigenvalue weighted by molar-refractivity contribution is 7.90. The number of methoxy groups -OCH3 is 1. The molecule has 4 aromatic rings. The molecule has 1 fully saturated rings. The molecule has 2 N–H and O–H groups in total. The van der Waals surface area contributed by atoms with Gasteiger partial charge in [-0.05, 0) is 30.0 Å². The number of carbonyl (C=O) groups excluding carboxylic acids is 1. The van der Waals surface area contributed by atoms with E-state index in [1.165, 1.54) is 36.3 Å². The highest BCUT2D eigenvalue weighted by atomic mass is 32.2. The third-order valence-electron chi connectivity index (χ3n) is 6.79. The van der Waals surface area contributed by atoms with Gasteiger partial charge in [0.2, 0.25) is 11.9 Å². The minimum Gasteiger partial charge on any atom is -0.478 e. The number of rotatable bonds is 11. The van der Waals surface area contributed by atoms with Crippen LogP contribution in [0.25, 0.3) is 11.1 Å². The number of amides is 1. The van der Waals surface area contributed by atoms with Crippen molar-refractivity contribution in [2.24, 2.45) is 0 Å². The molecule has 1 saturated carbocycles. The Labute approximate surface area is 242 Å². The van der Waals surface area contributed by atoms with Crippen LogP contribution in [0.15, 0.2) is 47.4 Å². The van der Waals surface area contributed by atoms with Gasteiger partial charge >= 0.3 is 6.18 Å². The minimum absolute atomic E-state index is 0.0538. The molecule has 0 unspecified atom stereocenters. The van der Waals surface area contributed by atoms with E-state index in [9.17, 15) is 30.8 Å². The van der Waals surface area contributed by atoms with Crippen molar-refractivity contribution in [1.29, 1.82) is 0 Å². The Balaban J connectivity index is 1.20. The number of aromatic nitrogens is 5. The fourth-order valence-corrected chi connectivity index (χ4v) is 4.78. The standard InChI is InChI=1S/C26H25F4N7O5S/c1-41-23-19(14-37(35-23)7-8-43(2,39)40)33-24-31-12-17(13-32-24)15-3-4-16(18(27)9-15)10-22(38)34-21-11-20(42-36-21)25(5-6-25)26(28,29)30/h3-4,9,11-14H,5-8,10H2,1-2H3,(H,31,32,33)(H,34,36,38). The number of nitrogens with one attached hydrogen (secondary N) is 2. The van der Waals surface area contributed by atoms with E-state index in [4.69, 9.17) is 9.26 Å². The zero-order valence-electron chi connectivity index (χ0n) is 22.8. The lowest BCUT2D eigenvalue weighted by Gasteiger charge is -2.14. The summed E-state index contributed by atoms with van der Waals surface area (Å²) >= 11 is 0. The third-order valence-corrected chi connectivity index (χ3v) is 7.71. The lowest BCUT2D eigenvalue weighted by Crippen LogP contribution is -2.28. The normalized spacial score (nSPS) is 14.4. The number of hydrogen-bond acceptors (Lipinski definition) is 10. The van der Waals surface area contributed by atoms with Gasteiger partial charge in [-0.25, -0.2) is 22.8 Å². The molecule has 3 aromatic heterocycles. The van der Waals surface area contributed by atoms with Crippen LogP contribution in [0.5, 0.6) is 5.88 Å². The first-order valence-corrected chi connectivity index (χ1v) is 14.8. The van der Waals surface area contributed by atoms with Crippen LogP contribution in [0.4, 0.5) is 35.0 Å². The number of hydrogen-bond donors (Lipinski definition) is 2. The van der Waals surface area contributed by atoms with Gasteiger partial charge in [0.05, 0.1) is 32.0 Å². The summed E-state index contributed by atoms with van der Waals surface area (Å²) in [7, 11) is -1.78. The zero-order valence-corrected chi connectivity index (χ0v) is 23.6. The van der Waals surface area contributed by atoms with Gasteiger partial charge < -0.3 is 19.9 Å². The summed E-state index contributed by atoms with van der Waals surface area (Å²) in [6.45, 7) is 0.129. The van der Waals surface area contributed by atoms with E-state index >= 15 is 0 Å². The second kappa shape index (κ2) is 11.3. The molecule has 0 spiro atoms. The number of aryl methyl sites for hydroxylation is 1. The van der Waals surface area contributed by atoms with Crippen LogP contribution in [-0.2, 0) is 33.0 Å². The first-order chi connectivity index (χ1) is 20.3. The van der Waals surface area contributed by atoms with Crippen molar-refractivity contribution < 1.29 is 40.0 Å². The van der Waals surface area contributed by atoms with Crippen LogP contribution in [0, 0.1) is 5.82 Å². The molecule has 1 aromatic carbocycles. The van der Waals surface area contributed by atoms with Crippen molar-refractivity contribution in [3.8, 4) is 17.0 Å². The topological polar surface area (TPSA) is 154 Å². The number of ether oxygens (including phenoxy) is 1. The summed E-state index contributed by atoms with van der Waals surface area (Å²) in [5, 5.41) is 12.9. The third kappa shape index (κ3) is 6.76. The van der Waals surface area contributed by atoms with Crippen molar-refractivity contribution in [3.05, 3.63) is 60.0 Å². The summed E-state index contributed by atoms with van der Waals surface area (Å²) in [4.78, 5) is 20.9. The molecule has 1 amide bonds. The number of nitrogens with zero attached hydrogens (tertiary/aromatic N) is 5. The Morgan fingerprint density at radius 3 is 2.49 bits per heavy atom. The van der Waals surface area contributed by atoms with Crippen LogP contribution in [-0.4, -0.2) is 64.5 Å². The molecule has 43 heavy (non-hydrogen) atoms. The molecule has 12 nitrogen and oxygen atoms in total. The van der Waals surface area contributed by atoms with Gasteiger partial charge in [0.15, 0.2) is 11.6 Å². The Bertz CT molecular complexity index is 1750. The van der Waals surface area contributed by atoms with Crippen molar-refractivity contribution in [2.75, 3.05) is 29.8 Å². The predicted molar refractivity (Wildman–Crippen MR) is 145 cm³/mol. The lowest BCUT2D eigenvalue weighted by molar-refractivity contribution is -0.165. The van der Waals surface area contributed by atoms with E-state index in [1.807, 2.05) is 0 Å². The van der Waals surface area contributed by atoms with Gasteiger partial charge in [0, 0.05) is 30.3 Å². The first-order valence-electron chi connectivity index (χ1n) is 12.8. The van der Waals surface area contributed by atoms with Crippen LogP contribution in [0.3, 0.4) is 0 Å². The Hall–Kier alpha value is -4.54. The molecule has 0 saturated heterocycles. The number of carbonyl (C=O) groups is 1. The van der Waals surface area contributed by atoms with Crippen molar-refractivity contribution >= 4 is 33.2 Å². The summed E-state index contributed by atoms with van der Waals surface area (Å²) in [5.74, 6) is -1.63. The van der Waals surface area contributed by atoms with E-state index < -0.39 is 39.6 Å². The van der Waals surface area contributed by atoms with E-state index in [-0.39, 0.29) is 54.1 Å². The smallest absolute Gasteiger partial charge is 0.401 e. The monoisotopic (exact) mass is 623 g/mol. The average Bonchev–Trinajstić information content (AvgIpc) is 3.49. The maximum Gasteiger partial charge on any atom is 0.401 e. The van der Waals surface area contributed by atoms with Crippen LogP contribution < -0.4 is 15.4 Å². The second-order valence-electron chi connectivity index (χ2n) is 10.1. The predicted octanol–water partition coefficient (Wildman–Crippen LogP) is 4.04. The van der Waals surface area contributed by atoms with Crippen LogP contribution >= 0.6 is 0 Å². The van der Waals surface area contributed by atoms with E-state index in [0.717, 1.165) is 12.3 Å². The average molecular weight is 624 g/mol. The fraction of sp³-hybridized carbons (Fsp3) is 0.346. The molecule has 3 heterocycles. The van der Waals surface area contributed by atoms with E-state index in [2.05, 4.69) is 30.9 Å². The summed E-state index contributed by atoms with van der Waals surface area (Å²) in [6.07, 6.45) is 0.480. The number of anilines is 3. The molecule has 5 rings (SSSR count). The highest BCUT2D eigenvalue weighted by Crippen LogP contribution is 2.59. The summed E-state index contributed by atoms with van der Waals surface area (Å²) in [6, 6.07) is 5.22. The van der Waals surface area contributed by atoms with Gasteiger partial charge in [0.25, 0.3) is 5.88 Å². The lowest BCUT2D eigenvalue weighted by atomic mass is 10.0. The second-order valence-corrected chi connectivity index (χ2v) is 12.3. The van der Waals surface area contributed by atoms with Crippen molar-refractivity contribution in [2.45, 2.75) is 37.4 Å². The number of benzene rings is 1. The quantitative estimate of drug-likeness (QED) is 0.234. The Morgan fingerprint density at radius 1 is 1.16 bits per heavy atom. The molecular weight excluding hydrogens is 598 g/mol. The van der Waals surface area contributed by atoms with Gasteiger partial charge in [-0.1, -0.05) is 17.3 Å². The molecule has 0 bridgehead atoms. The fourth-order valence-electron chi connectivity index (χ4n) is 4.26. The minimum atomic E-state index is -4.48. The van der Waals surface area contributed by atoms with Crippen molar-refractivity contribution in [1.82, 2.24) is 24.9 Å². The summed E-state index contributed by atoms with van der Waals surface area (Å²) in [5.41, 5.74) is -0.696. The van der Waals surface area contributed by atoms with Gasteiger partial charge in [-0.15, -0.1) is 5.10 Å². The van der Waals surface area contributed by atoms with Gasteiger partial charge in [-0.2, -0.15) is 13.2 Å². The zero-order chi connectivity index (χ0) is 31.0. The molecule has 0 radical (unpaired) electrons. The molecule has 228 valence electrons. The first kappa shape index (κ1) is 29.9. The highest BCUT2D eigenvalue weighted by Gasteiger charge is 2.66. The number of sulfone groups is 1. The SMILES string of the molecule is COc1nn(CCS(C)(=O)=O)cc1Nc1ncc(-c2ccc(CC(=O)Nc3cc(C4(C(F)(F)F)CC4)on3)c(F)c2)cn1. The molecule has 0 aliphatic heterocycles. The number of alkyl halides is 3. The Kier molecular flexibility index (Phi) is 7.85. The molecule has 1 aliphatic carbocycles. The maximum atomic E-state index is 14.9. The largest absolute Gasteiger partial charge is 0.478 e. The Morgan fingerprint density at radius 2 is 1.88 bits per heavy atom. The molecule has 1 aliphatic rings. The van der Waals surface area contributed by atoms with Gasteiger partial charge in [-0.3, -0.25) is 9.48 Å². The van der Waals surface area contributed by atoms with E-state index in [1.54, 1.807) is 12.3 Å².